The van der Waals surface area contributed by atoms with Crippen LogP contribution < -0.4 is 10.6 Å². The van der Waals surface area contributed by atoms with Gasteiger partial charge in [0, 0.05) is 18.1 Å². The first-order valence-electron chi connectivity index (χ1n) is 6.80. The van der Waals surface area contributed by atoms with Crippen LogP contribution in [0.4, 0.5) is 0 Å². The van der Waals surface area contributed by atoms with Gasteiger partial charge in [-0.2, -0.15) is 0 Å². The molecule has 0 spiro atoms. The summed E-state index contributed by atoms with van der Waals surface area (Å²) in [6, 6.07) is 7.49. The minimum Gasteiger partial charge on any atom is -0.355 e. The minimum absolute atomic E-state index is 0. The highest BCUT2D eigenvalue weighted by molar-refractivity contribution is 6.31. The Kier molecular flexibility index (Phi) is 6.80. The smallest absolute Gasteiger partial charge is 0.224 e. The highest BCUT2D eigenvalue weighted by atomic mass is 35.5. The summed E-state index contributed by atoms with van der Waals surface area (Å²) in [7, 11) is 0. The molecule has 0 radical (unpaired) electrons. The van der Waals surface area contributed by atoms with E-state index in [1.54, 1.807) is 0 Å². The molecule has 1 fully saturated rings. The summed E-state index contributed by atoms with van der Waals surface area (Å²) in [6.07, 6.45) is 2.69. The zero-order chi connectivity index (χ0) is 13.7. The Morgan fingerprint density at radius 2 is 2.20 bits per heavy atom. The summed E-state index contributed by atoms with van der Waals surface area (Å²) in [4.78, 5) is 12.0. The van der Waals surface area contributed by atoms with E-state index >= 15 is 0 Å². The molecule has 0 aromatic heterocycles. The Hall–Kier alpha value is -0.770. The monoisotopic (exact) mass is 316 g/mol. The van der Waals surface area contributed by atoms with E-state index in [0.29, 0.717) is 11.4 Å². The molecule has 20 heavy (non-hydrogen) atoms. The number of rotatable bonds is 4. The van der Waals surface area contributed by atoms with Gasteiger partial charge in [-0.1, -0.05) is 36.7 Å². The first-order valence-corrected chi connectivity index (χ1v) is 7.18. The molecular formula is C15H22Cl2N2O. The molecule has 1 heterocycles. The van der Waals surface area contributed by atoms with Gasteiger partial charge < -0.3 is 10.6 Å². The molecule has 2 rings (SSSR count). The van der Waals surface area contributed by atoms with Crippen molar-refractivity contribution in [1.82, 2.24) is 10.6 Å². The molecule has 112 valence electrons. The third-order valence-corrected chi connectivity index (χ3v) is 4.08. The average molecular weight is 317 g/mol. The van der Waals surface area contributed by atoms with Crippen LogP contribution in [0.5, 0.6) is 0 Å². The first kappa shape index (κ1) is 17.3. The van der Waals surface area contributed by atoms with Crippen LogP contribution in [-0.4, -0.2) is 25.5 Å². The third-order valence-electron chi connectivity index (χ3n) is 3.71. The highest BCUT2D eigenvalue weighted by Gasteiger charge is 2.26. The van der Waals surface area contributed by atoms with E-state index in [1.165, 1.54) is 6.42 Å². The summed E-state index contributed by atoms with van der Waals surface area (Å²) in [5.74, 6) is 0.0416. The molecule has 1 unspecified atom stereocenters. The Bertz CT molecular complexity index is 445. The van der Waals surface area contributed by atoms with Crippen LogP contribution in [0.25, 0.3) is 0 Å². The molecule has 1 aliphatic rings. The van der Waals surface area contributed by atoms with Crippen LogP contribution in [0.2, 0.25) is 5.02 Å². The van der Waals surface area contributed by atoms with Gasteiger partial charge in [-0.25, -0.2) is 0 Å². The molecule has 1 atom stereocenters. The quantitative estimate of drug-likeness (QED) is 0.896. The Morgan fingerprint density at radius 3 is 2.85 bits per heavy atom. The number of nitrogens with one attached hydrogen (secondary N) is 2. The van der Waals surface area contributed by atoms with E-state index in [0.717, 1.165) is 31.6 Å². The topological polar surface area (TPSA) is 41.1 Å². The van der Waals surface area contributed by atoms with Gasteiger partial charge in [0.05, 0.1) is 6.42 Å². The van der Waals surface area contributed by atoms with Crippen LogP contribution in [0.1, 0.15) is 25.3 Å². The molecule has 1 aliphatic heterocycles. The van der Waals surface area contributed by atoms with Crippen molar-refractivity contribution in [3.05, 3.63) is 34.9 Å². The number of halogens is 2. The molecule has 0 saturated carbocycles. The zero-order valence-corrected chi connectivity index (χ0v) is 13.3. The molecule has 2 N–H and O–H groups in total. The van der Waals surface area contributed by atoms with Crippen molar-refractivity contribution in [2.75, 3.05) is 19.6 Å². The van der Waals surface area contributed by atoms with Crippen LogP contribution >= 0.6 is 24.0 Å². The summed E-state index contributed by atoms with van der Waals surface area (Å²) in [5, 5.41) is 7.07. The predicted molar refractivity (Wildman–Crippen MR) is 85.6 cm³/mol. The molecule has 3 nitrogen and oxygen atoms in total. The number of carbonyl (C=O) groups excluding carboxylic acids is 1. The number of hydrogen-bond acceptors (Lipinski definition) is 2. The molecule has 1 aromatic carbocycles. The summed E-state index contributed by atoms with van der Waals surface area (Å²) < 4.78 is 0. The maximum Gasteiger partial charge on any atom is 0.224 e. The highest BCUT2D eigenvalue weighted by Crippen LogP contribution is 2.24. The van der Waals surface area contributed by atoms with Crippen LogP contribution in [0.15, 0.2) is 24.3 Å². The van der Waals surface area contributed by atoms with Gasteiger partial charge in [-0.05, 0) is 36.4 Å². The van der Waals surface area contributed by atoms with Gasteiger partial charge in [0.25, 0.3) is 0 Å². The Balaban J connectivity index is 0.00000200. The van der Waals surface area contributed by atoms with Crippen molar-refractivity contribution in [2.45, 2.75) is 26.2 Å². The predicted octanol–water partition coefficient (Wildman–Crippen LogP) is 2.81. The maximum atomic E-state index is 12.0. The van der Waals surface area contributed by atoms with E-state index < -0.39 is 0 Å². The van der Waals surface area contributed by atoms with Crippen molar-refractivity contribution in [1.29, 1.82) is 0 Å². The van der Waals surface area contributed by atoms with Gasteiger partial charge >= 0.3 is 0 Å². The Labute approximate surface area is 131 Å². The lowest BCUT2D eigenvalue weighted by Crippen LogP contribution is -2.45. The maximum absolute atomic E-state index is 12.0. The lowest BCUT2D eigenvalue weighted by Gasteiger charge is -2.34. The second kappa shape index (κ2) is 7.87. The summed E-state index contributed by atoms with van der Waals surface area (Å²) in [6.45, 7) is 5.00. The number of carbonyl (C=O) groups is 1. The number of hydrogen-bond donors (Lipinski definition) is 2. The standard InChI is InChI=1S/C15H21ClN2O.ClH/c1-15(7-4-8-17-10-15)11-18-14(19)9-12-5-2-3-6-13(12)16;/h2-3,5-6,17H,4,7-11H2,1H3,(H,18,19);1H. The van der Waals surface area contributed by atoms with E-state index in [-0.39, 0.29) is 23.7 Å². The molecule has 1 aromatic rings. The number of benzene rings is 1. The lowest BCUT2D eigenvalue weighted by molar-refractivity contribution is -0.121. The van der Waals surface area contributed by atoms with Crippen molar-refractivity contribution < 1.29 is 4.79 Å². The second-order valence-electron chi connectivity index (χ2n) is 5.64. The fraction of sp³-hybridized carbons (Fsp3) is 0.533. The summed E-state index contributed by atoms with van der Waals surface area (Å²) >= 11 is 6.05. The van der Waals surface area contributed by atoms with Crippen LogP contribution in [-0.2, 0) is 11.2 Å². The fourth-order valence-electron chi connectivity index (χ4n) is 2.46. The van der Waals surface area contributed by atoms with Crippen LogP contribution in [0, 0.1) is 5.41 Å². The van der Waals surface area contributed by atoms with Crippen molar-refractivity contribution in [3.63, 3.8) is 0 Å². The van der Waals surface area contributed by atoms with E-state index in [2.05, 4.69) is 17.6 Å². The van der Waals surface area contributed by atoms with Crippen molar-refractivity contribution in [2.24, 2.45) is 5.41 Å². The first-order chi connectivity index (χ1) is 9.09. The molecular weight excluding hydrogens is 295 g/mol. The third kappa shape index (κ3) is 4.97. The molecule has 1 saturated heterocycles. The van der Waals surface area contributed by atoms with E-state index in [1.807, 2.05) is 24.3 Å². The van der Waals surface area contributed by atoms with Crippen molar-refractivity contribution >= 4 is 29.9 Å². The molecule has 5 heteroatoms. The largest absolute Gasteiger partial charge is 0.355 e. The fourth-order valence-corrected chi connectivity index (χ4v) is 2.66. The van der Waals surface area contributed by atoms with Gasteiger partial charge in [0.2, 0.25) is 5.91 Å². The molecule has 0 aliphatic carbocycles. The zero-order valence-electron chi connectivity index (χ0n) is 11.7. The van der Waals surface area contributed by atoms with Gasteiger partial charge in [0.15, 0.2) is 0 Å². The molecule has 1 amide bonds. The van der Waals surface area contributed by atoms with E-state index in [9.17, 15) is 4.79 Å². The number of amides is 1. The van der Waals surface area contributed by atoms with E-state index in [4.69, 9.17) is 11.6 Å². The van der Waals surface area contributed by atoms with Gasteiger partial charge in [-0.15, -0.1) is 12.4 Å². The lowest BCUT2D eigenvalue weighted by atomic mass is 9.83. The van der Waals surface area contributed by atoms with Crippen LogP contribution in [0.3, 0.4) is 0 Å². The SMILES string of the molecule is CC1(CNC(=O)Cc2ccccc2Cl)CCCNC1.Cl. The second-order valence-corrected chi connectivity index (χ2v) is 6.04. The van der Waals surface area contributed by atoms with Crippen molar-refractivity contribution in [3.8, 4) is 0 Å². The van der Waals surface area contributed by atoms with Gasteiger partial charge in [0.1, 0.15) is 0 Å². The molecule has 0 bridgehead atoms. The Morgan fingerprint density at radius 1 is 1.45 bits per heavy atom. The average Bonchev–Trinajstić information content (AvgIpc) is 2.40. The minimum atomic E-state index is 0. The van der Waals surface area contributed by atoms with Gasteiger partial charge in [-0.3, -0.25) is 4.79 Å². The summed E-state index contributed by atoms with van der Waals surface area (Å²) in [5.41, 5.74) is 1.06. The normalized spacial score (nSPS) is 21.9. The number of piperidine rings is 1.